The lowest BCUT2D eigenvalue weighted by atomic mass is 10.1. The summed E-state index contributed by atoms with van der Waals surface area (Å²) in [6.07, 6.45) is 1.23. The van der Waals surface area contributed by atoms with Crippen LogP contribution in [0.3, 0.4) is 0 Å². The van der Waals surface area contributed by atoms with E-state index in [1.807, 2.05) is 23.9 Å². The molecule has 0 amide bonds. The van der Waals surface area contributed by atoms with Crippen molar-refractivity contribution < 1.29 is 0 Å². The summed E-state index contributed by atoms with van der Waals surface area (Å²) >= 11 is 8.00. The number of anilines is 2. The van der Waals surface area contributed by atoms with Gasteiger partial charge in [-0.15, -0.1) is 0 Å². The van der Waals surface area contributed by atoms with E-state index in [-0.39, 0.29) is 0 Å². The highest BCUT2D eigenvalue weighted by Crippen LogP contribution is 2.29. The Morgan fingerprint density at radius 2 is 2.33 bits per heavy atom. The molecule has 1 unspecified atom stereocenters. The zero-order valence-electron chi connectivity index (χ0n) is 8.72. The molecule has 1 saturated heterocycles. The normalized spacial score (nSPS) is 20.5. The molecular weight excluding hydrogens is 228 g/mol. The van der Waals surface area contributed by atoms with Crippen molar-refractivity contribution in [3.63, 3.8) is 0 Å². The second-order valence-corrected chi connectivity index (χ2v) is 5.45. The van der Waals surface area contributed by atoms with E-state index in [1.165, 1.54) is 17.9 Å². The Morgan fingerprint density at radius 3 is 3.00 bits per heavy atom. The lowest BCUT2D eigenvalue weighted by Crippen LogP contribution is -2.18. The molecule has 0 saturated carbocycles. The van der Waals surface area contributed by atoms with Crippen molar-refractivity contribution in [2.45, 2.75) is 19.4 Å². The molecule has 1 fully saturated rings. The van der Waals surface area contributed by atoms with Gasteiger partial charge in [0.1, 0.15) is 0 Å². The molecule has 82 valence electrons. The molecule has 1 aliphatic rings. The Morgan fingerprint density at radius 1 is 1.53 bits per heavy atom. The standard InChI is InChI=1S/C11H15ClN2S/c1-7-4-10(13)9(12)5-11(7)14-8-2-3-15-6-8/h4-5,8,14H,2-3,6,13H2,1H3. The van der Waals surface area contributed by atoms with Crippen LogP contribution in [0.2, 0.25) is 5.02 Å². The maximum atomic E-state index is 6.00. The number of hydrogen-bond donors (Lipinski definition) is 2. The maximum absolute atomic E-state index is 6.00. The van der Waals surface area contributed by atoms with Crippen molar-refractivity contribution in [1.82, 2.24) is 0 Å². The van der Waals surface area contributed by atoms with Crippen LogP contribution in [0.25, 0.3) is 0 Å². The average Bonchev–Trinajstić information content (AvgIpc) is 2.67. The number of aryl methyl sites for hydroxylation is 1. The van der Waals surface area contributed by atoms with E-state index in [0.717, 1.165) is 11.3 Å². The zero-order valence-corrected chi connectivity index (χ0v) is 10.3. The van der Waals surface area contributed by atoms with Crippen LogP contribution in [-0.2, 0) is 0 Å². The van der Waals surface area contributed by atoms with Gasteiger partial charge in [-0.2, -0.15) is 11.8 Å². The Kier molecular flexibility index (Phi) is 3.32. The minimum absolute atomic E-state index is 0.577. The molecule has 3 N–H and O–H groups in total. The van der Waals surface area contributed by atoms with Crippen LogP contribution in [0.1, 0.15) is 12.0 Å². The van der Waals surface area contributed by atoms with E-state index in [9.17, 15) is 0 Å². The largest absolute Gasteiger partial charge is 0.398 e. The van der Waals surface area contributed by atoms with Gasteiger partial charge in [-0.05, 0) is 36.8 Å². The Bertz CT molecular complexity index is 362. The summed E-state index contributed by atoms with van der Waals surface area (Å²) in [4.78, 5) is 0. The summed E-state index contributed by atoms with van der Waals surface area (Å²) in [6.45, 7) is 2.05. The molecule has 1 heterocycles. The zero-order chi connectivity index (χ0) is 10.8. The minimum atomic E-state index is 0.577. The summed E-state index contributed by atoms with van der Waals surface area (Å²) in [5, 5.41) is 4.15. The van der Waals surface area contributed by atoms with Gasteiger partial charge in [0.2, 0.25) is 0 Å². The quantitative estimate of drug-likeness (QED) is 0.783. The Balaban J connectivity index is 2.16. The number of halogens is 1. The first-order valence-electron chi connectivity index (χ1n) is 5.06. The number of benzene rings is 1. The smallest absolute Gasteiger partial charge is 0.0656 e. The van der Waals surface area contributed by atoms with E-state index in [0.29, 0.717) is 16.8 Å². The number of rotatable bonds is 2. The molecule has 1 aliphatic heterocycles. The molecule has 1 atom stereocenters. The van der Waals surface area contributed by atoms with Crippen molar-refractivity contribution in [3.8, 4) is 0 Å². The van der Waals surface area contributed by atoms with Gasteiger partial charge in [-0.3, -0.25) is 0 Å². The summed E-state index contributed by atoms with van der Waals surface area (Å²) in [7, 11) is 0. The van der Waals surface area contributed by atoms with Crippen LogP contribution < -0.4 is 11.1 Å². The topological polar surface area (TPSA) is 38.0 Å². The molecule has 0 aliphatic carbocycles. The fraction of sp³-hybridized carbons (Fsp3) is 0.455. The number of thioether (sulfide) groups is 1. The lowest BCUT2D eigenvalue weighted by Gasteiger charge is -2.16. The first-order chi connectivity index (χ1) is 7.16. The van der Waals surface area contributed by atoms with Gasteiger partial charge in [0.25, 0.3) is 0 Å². The predicted octanol–water partition coefficient (Wildman–Crippen LogP) is 3.15. The number of hydrogen-bond acceptors (Lipinski definition) is 3. The average molecular weight is 243 g/mol. The Hall–Kier alpha value is -0.540. The molecule has 1 aromatic carbocycles. The summed E-state index contributed by atoms with van der Waals surface area (Å²) in [5.41, 5.74) is 8.66. The summed E-state index contributed by atoms with van der Waals surface area (Å²) in [5.74, 6) is 2.43. The van der Waals surface area contributed by atoms with Crippen molar-refractivity contribution in [1.29, 1.82) is 0 Å². The Labute approximate surface area is 99.6 Å². The van der Waals surface area contributed by atoms with E-state index in [4.69, 9.17) is 17.3 Å². The van der Waals surface area contributed by atoms with E-state index < -0.39 is 0 Å². The molecule has 15 heavy (non-hydrogen) atoms. The van der Waals surface area contributed by atoms with Gasteiger partial charge in [0, 0.05) is 17.5 Å². The van der Waals surface area contributed by atoms with Crippen molar-refractivity contribution in [3.05, 3.63) is 22.7 Å². The van der Waals surface area contributed by atoms with Crippen molar-refractivity contribution in [2.75, 3.05) is 22.6 Å². The molecular formula is C11H15ClN2S. The molecule has 0 aromatic heterocycles. The fourth-order valence-electron chi connectivity index (χ4n) is 1.73. The van der Waals surface area contributed by atoms with E-state index in [2.05, 4.69) is 12.2 Å². The van der Waals surface area contributed by atoms with Crippen molar-refractivity contribution in [2.24, 2.45) is 0 Å². The molecule has 2 rings (SSSR count). The maximum Gasteiger partial charge on any atom is 0.0656 e. The minimum Gasteiger partial charge on any atom is -0.398 e. The highest BCUT2D eigenvalue weighted by molar-refractivity contribution is 7.99. The number of nitrogens with two attached hydrogens (primary N) is 1. The second-order valence-electron chi connectivity index (χ2n) is 3.89. The highest BCUT2D eigenvalue weighted by atomic mass is 35.5. The van der Waals surface area contributed by atoms with Crippen LogP contribution in [0.5, 0.6) is 0 Å². The summed E-state index contributed by atoms with van der Waals surface area (Å²) in [6, 6.07) is 4.43. The third-order valence-electron chi connectivity index (χ3n) is 2.63. The third-order valence-corrected chi connectivity index (χ3v) is 4.12. The molecule has 2 nitrogen and oxygen atoms in total. The molecule has 0 bridgehead atoms. The van der Waals surface area contributed by atoms with E-state index in [1.54, 1.807) is 0 Å². The van der Waals surface area contributed by atoms with Gasteiger partial charge in [0.15, 0.2) is 0 Å². The molecule has 0 spiro atoms. The van der Waals surface area contributed by atoms with Gasteiger partial charge < -0.3 is 11.1 Å². The van der Waals surface area contributed by atoms with Gasteiger partial charge in [0.05, 0.1) is 10.7 Å². The molecule has 4 heteroatoms. The van der Waals surface area contributed by atoms with Gasteiger partial charge in [-0.1, -0.05) is 11.6 Å². The highest BCUT2D eigenvalue weighted by Gasteiger charge is 2.16. The van der Waals surface area contributed by atoms with E-state index >= 15 is 0 Å². The van der Waals surface area contributed by atoms with Crippen molar-refractivity contribution >= 4 is 34.7 Å². The SMILES string of the molecule is Cc1cc(N)c(Cl)cc1NC1CCSC1. The lowest BCUT2D eigenvalue weighted by molar-refractivity contribution is 0.812. The number of nitrogen functional groups attached to an aromatic ring is 1. The monoisotopic (exact) mass is 242 g/mol. The second kappa shape index (κ2) is 4.54. The van der Waals surface area contributed by atoms with Crippen LogP contribution >= 0.6 is 23.4 Å². The first-order valence-corrected chi connectivity index (χ1v) is 6.60. The van der Waals surface area contributed by atoms with Gasteiger partial charge >= 0.3 is 0 Å². The summed E-state index contributed by atoms with van der Waals surface area (Å²) < 4.78 is 0. The predicted molar refractivity (Wildman–Crippen MR) is 70.0 cm³/mol. The fourth-order valence-corrected chi connectivity index (χ4v) is 3.04. The molecule has 1 aromatic rings. The van der Waals surface area contributed by atoms with Crippen LogP contribution in [-0.4, -0.2) is 17.5 Å². The van der Waals surface area contributed by atoms with Crippen LogP contribution in [0.4, 0.5) is 11.4 Å². The first kappa shape index (κ1) is 11.0. The van der Waals surface area contributed by atoms with Crippen LogP contribution in [0, 0.1) is 6.92 Å². The number of nitrogens with one attached hydrogen (secondary N) is 1. The van der Waals surface area contributed by atoms with Crippen LogP contribution in [0.15, 0.2) is 12.1 Å². The molecule has 0 radical (unpaired) electrons. The van der Waals surface area contributed by atoms with Gasteiger partial charge in [-0.25, -0.2) is 0 Å². The third kappa shape index (κ3) is 2.52.